The third-order valence-corrected chi connectivity index (χ3v) is 2.43. The van der Waals surface area contributed by atoms with Crippen LogP contribution in [0.2, 0.25) is 0 Å². The third-order valence-electron chi connectivity index (χ3n) is 2.20. The molecule has 1 nitrogen and oxygen atoms in total. The minimum Gasteiger partial charge on any atom is -0.398 e. The lowest BCUT2D eigenvalue weighted by molar-refractivity contribution is 0.866. The van der Waals surface area contributed by atoms with Crippen molar-refractivity contribution in [2.24, 2.45) is 0 Å². The Labute approximate surface area is 97.5 Å². The van der Waals surface area contributed by atoms with Gasteiger partial charge in [0.15, 0.2) is 0 Å². The largest absolute Gasteiger partial charge is 0.398 e. The summed E-state index contributed by atoms with van der Waals surface area (Å²) >= 11 is 4.11. The quantitative estimate of drug-likeness (QED) is 0.446. The van der Waals surface area contributed by atoms with Gasteiger partial charge in [-0.05, 0) is 23.6 Å². The zero-order chi connectivity index (χ0) is 11.3. The molecule has 0 atom stereocenters. The summed E-state index contributed by atoms with van der Waals surface area (Å²) in [7, 11) is 0. The predicted molar refractivity (Wildman–Crippen MR) is 70.3 cm³/mol. The van der Waals surface area contributed by atoms with E-state index in [1.807, 2.05) is 6.07 Å². The van der Waals surface area contributed by atoms with Crippen molar-refractivity contribution in [2.75, 3.05) is 11.5 Å². The van der Waals surface area contributed by atoms with Crippen molar-refractivity contribution in [2.45, 2.75) is 26.2 Å². The van der Waals surface area contributed by atoms with Crippen molar-refractivity contribution >= 4 is 18.3 Å². The van der Waals surface area contributed by atoms with Crippen LogP contribution in [0, 0.1) is 11.8 Å². The van der Waals surface area contributed by atoms with E-state index in [0.717, 1.165) is 23.4 Å². The van der Waals surface area contributed by atoms with Crippen LogP contribution >= 0.6 is 12.6 Å². The summed E-state index contributed by atoms with van der Waals surface area (Å²) in [5, 5.41) is 0. The van der Waals surface area contributed by atoms with Crippen LogP contribution in [0.3, 0.4) is 0 Å². The number of nitrogens with two attached hydrogens (primary N) is 1. The third kappa shape index (κ3) is 3.53. The Bertz CT molecular complexity index is 385. The van der Waals surface area contributed by atoms with E-state index >= 15 is 0 Å². The fourth-order valence-electron chi connectivity index (χ4n) is 1.25. The van der Waals surface area contributed by atoms with Gasteiger partial charge in [-0.1, -0.05) is 31.8 Å². The molecule has 1 aromatic rings. The molecule has 0 aromatic heterocycles. The van der Waals surface area contributed by atoms with E-state index in [4.69, 9.17) is 5.73 Å². The molecule has 15 heavy (non-hydrogen) atoms. The first-order chi connectivity index (χ1) is 7.15. The van der Waals surface area contributed by atoms with Gasteiger partial charge >= 0.3 is 0 Å². The number of hydrogen-bond acceptors (Lipinski definition) is 2. The molecule has 1 rings (SSSR count). The number of thiol groups is 1. The normalized spacial score (nSPS) is 9.87. The average Bonchev–Trinajstić information content (AvgIpc) is 2.20. The Morgan fingerprint density at radius 1 is 1.40 bits per heavy atom. The number of anilines is 1. The van der Waals surface area contributed by atoms with E-state index in [1.165, 1.54) is 5.56 Å². The molecule has 0 fully saturated rings. The van der Waals surface area contributed by atoms with Gasteiger partial charge in [0, 0.05) is 23.4 Å². The van der Waals surface area contributed by atoms with Crippen LogP contribution in [0.15, 0.2) is 18.2 Å². The monoisotopic (exact) mass is 219 g/mol. The van der Waals surface area contributed by atoms with Crippen molar-refractivity contribution in [3.8, 4) is 11.8 Å². The van der Waals surface area contributed by atoms with Gasteiger partial charge in [-0.25, -0.2) is 0 Å². The minimum atomic E-state index is 0.510. The van der Waals surface area contributed by atoms with E-state index < -0.39 is 0 Å². The summed E-state index contributed by atoms with van der Waals surface area (Å²) in [6.45, 7) is 4.33. The van der Waals surface area contributed by atoms with Crippen LogP contribution in [0.25, 0.3) is 0 Å². The van der Waals surface area contributed by atoms with Crippen molar-refractivity contribution < 1.29 is 0 Å². The maximum absolute atomic E-state index is 5.85. The Hall–Kier alpha value is -1.07. The molecule has 0 saturated carbocycles. The van der Waals surface area contributed by atoms with Gasteiger partial charge in [-0.15, -0.1) is 0 Å². The Kier molecular flexibility index (Phi) is 4.58. The fraction of sp³-hybridized carbons (Fsp3) is 0.385. The molecule has 80 valence electrons. The van der Waals surface area contributed by atoms with Crippen molar-refractivity contribution in [1.82, 2.24) is 0 Å². The lowest BCUT2D eigenvalue weighted by Crippen LogP contribution is -1.94. The number of rotatable bonds is 2. The lowest BCUT2D eigenvalue weighted by Gasteiger charge is -2.07. The maximum Gasteiger partial charge on any atom is 0.0477 e. The van der Waals surface area contributed by atoms with Gasteiger partial charge < -0.3 is 5.73 Å². The molecule has 0 aliphatic rings. The molecule has 0 radical (unpaired) electrons. The Morgan fingerprint density at radius 2 is 2.13 bits per heavy atom. The maximum atomic E-state index is 5.85. The minimum absolute atomic E-state index is 0.510. The van der Waals surface area contributed by atoms with Crippen LogP contribution in [0.5, 0.6) is 0 Å². The molecule has 0 saturated heterocycles. The van der Waals surface area contributed by atoms with Gasteiger partial charge in [0.2, 0.25) is 0 Å². The van der Waals surface area contributed by atoms with Crippen LogP contribution < -0.4 is 5.73 Å². The van der Waals surface area contributed by atoms with E-state index in [1.54, 1.807) is 0 Å². The highest BCUT2D eigenvalue weighted by Crippen LogP contribution is 2.19. The zero-order valence-electron chi connectivity index (χ0n) is 9.25. The molecule has 0 spiro atoms. The van der Waals surface area contributed by atoms with Crippen LogP contribution in [-0.4, -0.2) is 5.75 Å². The molecule has 2 N–H and O–H groups in total. The first kappa shape index (κ1) is 12.0. The average molecular weight is 219 g/mol. The first-order valence-electron chi connectivity index (χ1n) is 5.14. The topological polar surface area (TPSA) is 26.0 Å². The van der Waals surface area contributed by atoms with Crippen LogP contribution in [-0.2, 0) is 0 Å². The summed E-state index contributed by atoms with van der Waals surface area (Å²) in [5.74, 6) is 7.44. The number of benzene rings is 1. The summed E-state index contributed by atoms with van der Waals surface area (Å²) in [4.78, 5) is 0. The molecule has 2 heteroatoms. The van der Waals surface area contributed by atoms with Gasteiger partial charge in [-0.2, -0.15) is 12.6 Å². The molecular formula is C13H17NS. The molecule has 0 heterocycles. The molecule has 0 aliphatic heterocycles. The molecule has 0 aliphatic carbocycles. The Balaban J connectivity index is 2.97. The van der Waals surface area contributed by atoms with E-state index in [9.17, 15) is 0 Å². The number of nitrogen functional groups attached to an aromatic ring is 1. The van der Waals surface area contributed by atoms with Gasteiger partial charge in [0.1, 0.15) is 0 Å². The highest BCUT2D eigenvalue weighted by atomic mass is 32.1. The second-order valence-electron chi connectivity index (χ2n) is 3.78. The second-order valence-corrected chi connectivity index (χ2v) is 4.22. The zero-order valence-corrected chi connectivity index (χ0v) is 10.1. The lowest BCUT2D eigenvalue weighted by atomic mass is 10.00. The summed E-state index contributed by atoms with van der Waals surface area (Å²) in [5.41, 5.74) is 8.82. The summed E-state index contributed by atoms with van der Waals surface area (Å²) in [6, 6.07) is 6.06. The molecular weight excluding hydrogens is 202 g/mol. The molecule has 0 unspecified atom stereocenters. The standard InChI is InChI=1S/C13H17NS/c1-10(2)11-6-7-13(14)12(9-11)5-3-4-8-15/h6-7,9-10,15H,4,8,14H2,1-2H3. The smallest absolute Gasteiger partial charge is 0.0477 e. The van der Waals surface area contributed by atoms with Gasteiger partial charge in [0.25, 0.3) is 0 Å². The molecule has 0 amide bonds. The van der Waals surface area contributed by atoms with Gasteiger partial charge in [-0.3, -0.25) is 0 Å². The number of hydrogen-bond donors (Lipinski definition) is 2. The molecule has 1 aromatic carbocycles. The first-order valence-corrected chi connectivity index (χ1v) is 5.77. The summed E-state index contributed by atoms with van der Waals surface area (Å²) in [6.07, 6.45) is 0.800. The van der Waals surface area contributed by atoms with E-state index in [2.05, 4.69) is 50.4 Å². The van der Waals surface area contributed by atoms with Crippen molar-refractivity contribution in [3.05, 3.63) is 29.3 Å². The van der Waals surface area contributed by atoms with E-state index in [-0.39, 0.29) is 0 Å². The van der Waals surface area contributed by atoms with E-state index in [0.29, 0.717) is 5.92 Å². The highest BCUT2D eigenvalue weighted by Gasteiger charge is 2.01. The van der Waals surface area contributed by atoms with Crippen LogP contribution in [0.1, 0.15) is 37.3 Å². The van der Waals surface area contributed by atoms with Crippen LogP contribution in [0.4, 0.5) is 5.69 Å². The summed E-state index contributed by atoms with van der Waals surface area (Å²) < 4.78 is 0. The SMILES string of the molecule is CC(C)c1ccc(N)c(C#CCCS)c1. The highest BCUT2D eigenvalue weighted by molar-refractivity contribution is 7.80. The fourth-order valence-corrected chi connectivity index (χ4v) is 1.37. The Morgan fingerprint density at radius 3 is 2.73 bits per heavy atom. The molecule has 0 bridgehead atoms. The predicted octanol–water partition coefficient (Wildman–Crippen LogP) is 3.06. The van der Waals surface area contributed by atoms with Crippen molar-refractivity contribution in [1.29, 1.82) is 0 Å². The van der Waals surface area contributed by atoms with Gasteiger partial charge in [0.05, 0.1) is 0 Å². The second kappa shape index (κ2) is 5.72. The van der Waals surface area contributed by atoms with Crippen molar-refractivity contribution in [3.63, 3.8) is 0 Å².